The summed E-state index contributed by atoms with van der Waals surface area (Å²) in [5, 5.41) is 20.4. The van der Waals surface area contributed by atoms with E-state index < -0.39 is 17.1 Å². The summed E-state index contributed by atoms with van der Waals surface area (Å²) in [6, 6.07) is 0. The zero-order valence-electron chi connectivity index (χ0n) is 21.0. The van der Waals surface area contributed by atoms with Crippen LogP contribution in [0.2, 0.25) is 0 Å². The number of hydrogen-bond donors (Lipinski definition) is 2. The smallest absolute Gasteiger partial charge is 0.336 e. The van der Waals surface area contributed by atoms with Crippen LogP contribution in [-0.2, 0) is 19.1 Å². The van der Waals surface area contributed by atoms with E-state index in [1.165, 1.54) is 0 Å². The second kappa shape index (κ2) is 7.39. The standard InChI is InChI=1S/C28H40O6/c1-14-11-21(33-25(32)17(14)13-29)15(2)18-5-6-19-16-12-24-28(34-24)23(31)8-7-22(30)27(28,4)20(16)9-10-26(18,19)3/h15-16,18-21,23-24,29,31H,5-13H2,1-4H3/t15-,16-,18?,19-,20-,21+,23-,24+,26+,27-,28+/m0/s1. The molecular formula is C28H40O6. The minimum Gasteiger partial charge on any atom is -0.458 e. The molecular weight excluding hydrogens is 432 g/mol. The molecule has 0 amide bonds. The van der Waals surface area contributed by atoms with Gasteiger partial charge in [0.2, 0.25) is 0 Å². The maximum Gasteiger partial charge on any atom is 0.336 e. The number of Topliss-reactive ketones (excluding diaryl/α,β-unsaturated/α-hetero) is 1. The Balaban J connectivity index is 1.26. The number of rotatable bonds is 3. The summed E-state index contributed by atoms with van der Waals surface area (Å²) in [7, 11) is 0. The number of carbonyl (C=O) groups is 2. The molecule has 11 atom stereocenters. The quantitative estimate of drug-likeness (QED) is 0.482. The SMILES string of the molecule is CC1=C(CO)C(=O)O[C@@H]([C@@H](C)C2CC[C@H]3[C@@H]4C[C@H]5O[C@]56[C@@H](O)CCC(=O)[C@]6(C)[C@H]4CC[C@]23C)C1. The van der Waals surface area contributed by atoms with Crippen LogP contribution in [0.15, 0.2) is 11.1 Å². The Morgan fingerprint density at radius 3 is 2.59 bits per heavy atom. The van der Waals surface area contributed by atoms with Crippen molar-refractivity contribution in [3.63, 3.8) is 0 Å². The lowest BCUT2D eigenvalue weighted by Crippen LogP contribution is -2.64. The summed E-state index contributed by atoms with van der Waals surface area (Å²) in [6.07, 6.45) is 6.38. The van der Waals surface area contributed by atoms with Gasteiger partial charge in [0.25, 0.3) is 0 Å². The monoisotopic (exact) mass is 472 g/mol. The van der Waals surface area contributed by atoms with Gasteiger partial charge in [0.1, 0.15) is 17.5 Å². The maximum atomic E-state index is 13.4. The summed E-state index contributed by atoms with van der Waals surface area (Å²) in [4.78, 5) is 25.9. The van der Waals surface area contributed by atoms with Crippen LogP contribution in [0.25, 0.3) is 0 Å². The number of aliphatic hydroxyl groups is 2. The summed E-state index contributed by atoms with van der Waals surface area (Å²) < 4.78 is 12.1. The fourth-order valence-corrected chi connectivity index (χ4v) is 10.1. The first-order valence-electron chi connectivity index (χ1n) is 13.5. The number of fused-ring (bicyclic) bond motifs is 4. The van der Waals surface area contributed by atoms with E-state index in [0.717, 1.165) is 37.7 Å². The Kier molecular flexibility index (Phi) is 5.04. The predicted molar refractivity (Wildman–Crippen MR) is 125 cm³/mol. The lowest BCUT2D eigenvalue weighted by Gasteiger charge is -2.59. The second-order valence-electron chi connectivity index (χ2n) is 12.8. The first-order chi connectivity index (χ1) is 16.1. The Hall–Kier alpha value is -1.24. The summed E-state index contributed by atoms with van der Waals surface area (Å²) in [6.45, 7) is 8.49. The Labute approximate surface area is 202 Å². The van der Waals surface area contributed by atoms with Gasteiger partial charge in [-0.05, 0) is 87.4 Å². The molecule has 0 bridgehead atoms. The van der Waals surface area contributed by atoms with Crippen molar-refractivity contribution in [3.05, 3.63) is 11.1 Å². The minimum absolute atomic E-state index is 0.0146. The largest absolute Gasteiger partial charge is 0.458 e. The molecule has 188 valence electrons. The molecule has 6 nitrogen and oxygen atoms in total. The molecule has 4 saturated carbocycles. The molecule has 1 unspecified atom stereocenters. The number of aliphatic hydroxyl groups excluding tert-OH is 2. The molecule has 4 aliphatic carbocycles. The molecule has 2 aliphatic heterocycles. The van der Waals surface area contributed by atoms with Gasteiger partial charge < -0.3 is 19.7 Å². The Morgan fingerprint density at radius 2 is 1.88 bits per heavy atom. The zero-order chi connectivity index (χ0) is 24.2. The van der Waals surface area contributed by atoms with Crippen molar-refractivity contribution in [2.24, 2.45) is 40.4 Å². The van der Waals surface area contributed by atoms with Crippen LogP contribution >= 0.6 is 0 Å². The first-order valence-corrected chi connectivity index (χ1v) is 13.5. The number of hydrogen-bond acceptors (Lipinski definition) is 6. The molecule has 6 aliphatic rings. The van der Waals surface area contributed by atoms with Crippen molar-refractivity contribution >= 4 is 11.8 Å². The van der Waals surface area contributed by atoms with Crippen molar-refractivity contribution in [2.45, 2.75) is 103 Å². The molecule has 0 aromatic carbocycles. The van der Waals surface area contributed by atoms with E-state index in [2.05, 4.69) is 20.8 Å². The molecule has 0 aromatic heterocycles. The average molecular weight is 473 g/mol. The molecule has 2 heterocycles. The van der Waals surface area contributed by atoms with Gasteiger partial charge in [-0.3, -0.25) is 4.79 Å². The predicted octanol–water partition coefficient (Wildman–Crippen LogP) is 3.58. The van der Waals surface area contributed by atoms with Gasteiger partial charge in [-0.1, -0.05) is 19.4 Å². The molecule has 5 fully saturated rings. The third-order valence-corrected chi connectivity index (χ3v) is 11.9. The lowest BCUT2D eigenvalue weighted by molar-refractivity contribution is -0.166. The van der Waals surface area contributed by atoms with Gasteiger partial charge in [-0.15, -0.1) is 0 Å². The molecule has 34 heavy (non-hydrogen) atoms. The maximum absolute atomic E-state index is 13.4. The molecule has 6 heteroatoms. The van der Waals surface area contributed by atoms with Crippen molar-refractivity contribution in [1.82, 2.24) is 0 Å². The van der Waals surface area contributed by atoms with Crippen LogP contribution in [0.1, 0.15) is 79.1 Å². The highest BCUT2D eigenvalue weighted by atomic mass is 16.6. The number of carbonyl (C=O) groups excluding carboxylic acids is 2. The number of cyclic esters (lactones) is 1. The van der Waals surface area contributed by atoms with Crippen molar-refractivity contribution < 1.29 is 29.3 Å². The second-order valence-corrected chi connectivity index (χ2v) is 12.8. The summed E-state index contributed by atoms with van der Waals surface area (Å²) in [5.74, 6) is 1.93. The highest BCUT2D eigenvalue weighted by Gasteiger charge is 2.80. The number of epoxide rings is 1. The van der Waals surface area contributed by atoms with Crippen LogP contribution < -0.4 is 0 Å². The van der Waals surface area contributed by atoms with Gasteiger partial charge in [-0.25, -0.2) is 4.79 Å². The third kappa shape index (κ3) is 2.68. The van der Waals surface area contributed by atoms with E-state index in [4.69, 9.17) is 9.47 Å². The fraction of sp³-hybridized carbons (Fsp3) is 0.857. The summed E-state index contributed by atoms with van der Waals surface area (Å²) >= 11 is 0. The third-order valence-electron chi connectivity index (χ3n) is 11.9. The van der Waals surface area contributed by atoms with Crippen LogP contribution in [-0.4, -0.2) is 52.5 Å². The molecule has 2 N–H and O–H groups in total. The molecule has 1 saturated heterocycles. The van der Waals surface area contributed by atoms with Gasteiger partial charge >= 0.3 is 5.97 Å². The fourth-order valence-electron chi connectivity index (χ4n) is 10.1. The van der Waals surface area contributed by atoms with Crippen molar-refractivity contribution in [2.75, 3.05) is 6.61 Å². The number of ketones is 1. The summed E-state index contributed by atoms with van der Waals surface area (Å²) in [5.41, 5.74) is 0.333. The molecule has 6 rings (SSSR count). The molecule has 0 radical (unpaired) electrons. The van der Waals surface area contributed by atoms with Gasteiger partial charge in [0.05, 0.1) is 29.8 Å². The Bertz CT molecular complexity index is 957. The number of ether oxygens (including phenoxy) is 2. The van der Waals surface area contributed by atoms with E-state index in [0.29, 0.717) is 48.4 Å². The highest BCUT2D eigenvalue weighted by molar-refractivity contribution is 5.90. The van der Waals surface area contributed by atoms with Crippen molar-refractivity contribution in [1.29, 1.82) is 0 Å². The van der Waals surface area contributed by atoms with E-state index in [1.54, 1.807) is 0 Å². The zero-order valence-corrected chi connectivity index (χ0v) is 21.0. The van der Waals surface area contributed by atoms with Crippen LogP contribution in [0.4, 0.5) is 0 Å². The molecule has 1 spiro atoms. The molecule has 0 aromatic rings. The van der Waals surface area contributed by atoms with Crippen LogP contribution in [0.5, 0.6) is 0 Å². The van der Waals surface area contributed by atoms with Crippen molar-refractivity contribution in [3.8, 4) is 0 Å². The highest BCUT2D eigenvalue weighted by Crippen LogP contribution is 2.73. The van der Waals surface area contributed by atoms with E-state index in [9.17, 15) is 19.8 Å². The van der Waals surface area contributed by atoms with Gasteiger partial charge in [-0.2, -0.15) is 0 Å². The van der Waals surface area contributed by atoms with Gasteiger partial charge in [0.15, 0.2) is 0 Å². The normalized spacial score (nSPS) is 52.8. The Morgan fingerprint density at radius 1 is 1.12 bits per heavy atom. The minimum atomic E-state index is -0.632. The lowest BCUT2D eigenvalue weighted by atomic mass is 9.43. The van der Waals surface area contributed by atoms with E-state index in [1.807, 2.05) is 6.92 Å². The van der Waals surface area contributed by atoms with E-state index in [-0.39, 0.29) is 42.0 Å². The average Bonchev–Trinajstić information content (AvgIpc) is 3.43. The van der Waals surface area contributed by atoms with E-state index >= 15 is 0 Å². The first kappa shape index (κ1) is 23.2. The van der Waals surface area contributed by atoms with Crippen LogP contribution in [0, 0.1) is 40.4 Å². The number of esters is 1. The van der Waals surface area contributed by atoms with Crippen LogP contribution in [0.3, 0.4) is 0 Å². The topological polar surface area (TPSA) is 96.4 Å². The van der Waals surface area contributed by atoms with Gasteiger partial charge in [0, 0.05) is 12.8 Å².